The summed E-state index contributed by atoms with van der Waals surface area (Å²) < 4.78 is 32.0. The van der Waals surface area contributed by atoms with Crippen LogP contribution < -0.4 is 4.74 Å². The average molecular weight is 310 g/mol. The minimum Gasteiger partial charge on any atom is -0.477 e. The molecule has 6 heteroatoms. The molecule has 0 amide bonds. The van der Waals surface area contributed by atoms with Gasteiger partial charge in [-0.05, 0) is 38.7 Å². The van der Waals surface area contributed by atoms with Gasteiger partial charge in [-0.15, -0.1) is 0 Å². The molecule has 0 radical (unpaired) electrons. The fraction of sp³-hybridized carbons (Fsp3) is 0.667. The zero-order valence-electron chi connectivity index (χ0n) is 12.4. The highest BCUT2D eigenvalue weighted by molar-refractivity contribution is 7.90. The third-order valence-electron chi connectivity index (χ3n) is 4.12. The lowest BCUT2D eigenvalue weighted by Crippen LogP contribution is -2.43. The van der Waals surface area contributed by atoms with Crippen molar-refractivity contribution in [3.63, 3.8) is 0 Å². The highest BCUT2D eigenvalue weighted by Crippen LogP contribution is 2.33. The van der Waals surface area contributed by atoms with Crippen molar-refractivity contribution >= 4 is 10.0 Å². The number of aromatic nitrogens is 1. The van der Waals surface area contributed by atoms with E-state index in [0.717, 1.165) is 31.4 Å². The third kappa shape index (κ3) is 3.55. The van der Waals surface area contributed by atoms with Crippen LogP contribution in [0.25, 0.3) is 0 Å². The quantitative estimate of drug-likeness (QED) is 0.834. The number of sulfonamides is 1. The van der Waals surface area contributed by atoms with Crippen LogP contribution in [-0.4, -0.2) is 42.7 Å². The molecular formula is C15H22N2O3S. The summed E-state index contributed by atoms with van der Waals surface area (Å²) in [6.45, 7) is 3.72. The van der Waals surface area contributed by atoms with E-state index < -0.39 is 10.0 Å². The SMILES string of the molecule is Cc1cccc(OCC2CCCN(S(=O)(=O)C3CC3)C2)n1. The lowest BCUT2D eigenvalue weighted by molar-refractivity contribution is 0.176. The normalized spacial score (nSPS) is 24.0. The maximum absolute atomic E-state index is 12.3. The zero-order chi connectivity index (χ0) is 14.9. The van der Waals surface area contributed by atoms with E-state index in [1.54, 1.807) is 4.31 Å². The molecular weight excluding hydrogens is 288 g/mol. The molecule has 3 rings (SSSR count). The molecule has 116 valence electrons. The Balaban J connectivity index is 1.56. The zero-order valence-corrected chi connectivity index (χ0v) is 13.2. The predicted octanol–water partition coefficient (Wildman–Crippen LogP) is 1.97. The van der Waals surface area contributed by atoms with E-state index in [0.29, 0.717) is 25.6 Å². The number of pyridine rings is 1. The van der Waals surface area contributed by atoms with Crippen LogP contribution in [0.2, 0.25) is 0 Å². The second-order valence-corrected chi connectivity index (χ2v) is 8.25. The van der Waals surface area contributed by atoms with E-state index in [9.17, 15) is 8.42 Å². The maximum Gasteiger partial charge on any atom is 0.216 e. The first-order chi connectivity index (χ1) is 10.1. The van der Waals surface area contributed by atoms with E-state index in [1.807, 2.05) is 25.1 Å². The van der Waals surface area contributed by atoms with Crippen molar-refractivity contribution in [2.24, 2.45) is 5.92 Å². The van der Waals surface area contributed by atoms with Gasteiger partial charge in [-0.1, -0.05) is 6.07 Å². The summed E-state index contributed by atoms with van der Waals surface area (Å²) in [5, 5.41) is -0.115. The van der Waals surface area contributed by atoms with E-state index in [-0.39, 0.29) is 11.2 Å². The number of hydrogen-bond donors (Lipinski definition) is 0. The van der Waals surface area contributed by atoms with Gasteiger partial charge in [-0.2, -0.15) is 0 Å². The van der Waals surface area contributed by atoms with Gasteiger partial charge in [0, 0.05) is 30.8 Å². The number of piperidine rings is 1. The number of hydrogen-bond acceptors (Lipinski definition) is 4. The maximum atomic E-state index is 12.3. The topological polar surface area (TPSA) is 59.5 Å². The van der Waals surface area contributed by atoms with Crippen LogP contribution in [0.1, 0.15) is 31.4 Å². The van der Waals surface area contributed by atoms with Crippen molar-refractivity contribution in [2.45, 2.75) is 37.9 Å². The molecule has 1 unspecified atom stereocenters. The lowest BCUT2D eigenvalue weighted by atomic mass is 10.0. The molecule has 2 fully saturated rings. The average Bonchev–Trinajstić information content (AvgIpc) is 3.31. The standard InChI is InChI=1S/C15H22N2O3S/c1-12-4-2-6-15(16-12)20-11-13-5-3-9-17(10-13)21(18,19)14-7-8-14/h2,4,6,13-14H,3,5,7-11H2,1H3. The fourth-order valence-corrected chi connectivity index (χ4v) is 4.73. The second-order valence-electron chi connectivity index (χ2n) is 6.04. The highest BCUT2D eigenvalue weighted by Gasteiger charge is 2.41. The van der Waals surface area contributed by atoms with Crippen molar-refractivity contribution in [3.05, 3.63) is 23.9 Å². The molecule has 1 aliphatic heterocycles. The molecule has 0 bridgehead atoms. The smallest absolute Gasteiger partial charge is 0.216 e. The third-order valence-corrected chi connectivity index (χ3v) is 6.48. The minimum absolute atomic E-state index is 0.115. The molecule has 1 aliphatic carbocycles. The number of ether oxygens (including phenoxy) is 1. The minimum atomic E-state index is -3.05. The van der Waals surface area contributed by atoms with E-state index >= 15 is 0 Å². The van der Waals surface area contributed by atoms with Crippen LogP contribution in [0, 0.1) is 12.8 Å². The van der Waals surface area contributed by atoms with Crippen LogP contribution in [0.3, 0.4) is 0 Å². The van der Waals surface area contributed by atoms with Crippen molar-refractivity contribution < 1.29 is 13.2 Å². The fourth-order valence-electron chi connectivity index (χ4n) is 2.77. The summed E-state index contributed by atoms with van der Waals surface area (Å²) in [6.07, 6.45) is 3.59. The van der Waals surface area contributed by atoms with Gasteiger partial charge >= 0.3 is 0 Å². The molecule has 1 aromatic heterocycles. The van der Waals surface area contributed by atoms with Gasteiger partial charge in [0.05, 0.1) is 11.9 Å². The van der Waals surface area contributed by atoms with Gasteiger partial charge in [0.15, 0.2) is 0 Å². The molecule has 2 heterocycles. The van der Waals surface area contributed by atoms with Gasteiger partial charge in [0.25, 0.3) is 0 Å². The second kappa shape index (κ2) is 5.93. The Morgan fingerprint density at radius 2 is 2.14 bits per heavy atom. The summed E-state index contributed by atoms with van der Waals surface area (Å²) in [5.74, 6) is 0.881. The Morgan fingerprint density at radius 1 is 1.33 bits per heavy atom. The molecule has 0 N–H and O–H groups in total. The van der Waals surface area contributed by atoms with Crippen molar-refractivity contribution in [3.8, 4) is 5.88 Å². The first-order valence-electron chi connectivity index (χ1n) is 7.61. The first kappa shape index (κ1) is 14.8. The van der Waals surface area contributed by atoms with Gasteiger partial charge in [-0.25, -0.2) is 17.7 Å². The molecule has 0 aromatic carbocycles. The Hall–Kier alpha value is -1.14. The molecule has 1 atom stereocenters. The summed E-state index contributed by atoms with van der Waals surface area (Å²) >= 11 is 0. The van der Waals surface area contributed by atoms with Crippen LogP contribution in [0.5, 0.6) is 5.88 Å². The molecule has 0 spiro atoms. The van der Waals surface area contributed by atoms with E-state index in [2.05, 4.69) is 4.98 Å². The van der Waals surface area contributed by atoms with Gasteiger partial charge < -0.3 is 4.74 Å². The Kier molecular flexibility index (Phi) is 4.17. The molecule has 1 aromatic rings. The Morgan fingerprint density at radius 3 is 2.86 bits per heavy atom. The van der Waals surface area contributed by atoms with Crippen LogP contribution in [0.4, 0.5) is 0 Å². The van der Waals surface area contributed by atoms with Crippen LogP contribution in [0.15, 0.2) is 18.2 Å². The van der Waals surface area contributed by atoms with Gasteiger partial charge in [0.2, 0.25) is 15.9 Å². The lowest BCUT2D eigenvalue weighted by Gasteiger charge is -2.31. The largest absolute Gasteiger partial charge is 0.477 e. The first-order valence-corrected chi connectivity index (χ1v) is 9.11. The summed E-state index contributed by atoms with van der Waals surface area (Å²) in [7, 11) is -3.05. The number of nitrogens with zero attached hydrogens (tertiary/aromatic N) is 2. The van der Waals surface area contributed by atoms with E-state index in [4.69, 9.17) is 4.74 Å². The van der Waals surface area contributed by atoms with Gasteiger partial charge in [-0.3, -0.25) is 0 Å². The molecule has 1 saturated carbocycles. The van der Waals surface area contributed by atoms with Crippen molar-refractivity contribution in [1.29, 1.82) is 0 Å². The Bertz CT molecular complexity index is 599. The highest BCUT2D eigenvalue weighted by atomic mass is 32.2. The molecule has 5 nitrogen and oxygen atoms in total. The van der Waals surface area contributed by atoms with Crippen LogP contribution >= 0.6 is 0 Å². The van der Waals surface area contributed by atoms with Crippen molar-refractivity contribution in [2.75, 3.05) is 19.7 Å². The van der Waals surface area contributed by atoms with Crippen molar-refractivity contribution in [1.82, 2.24) is 9.29 Å². The number of aryl methyl sites for hydroxylation is 1. The monoisotopic (exact) mass is 310 g/mol. The molecule has 1 saturated heterocycles. The molecule has 2 aliphatic rings. The number of rotatable bonds is 5. The Labute approximate surface area is 126 Å². The molecule has 21 heavy (non-hydrogen) atoms. The summed E-state index contributed by atoms with van der Waals surface area (Å²) in [4.78, 5) is 4.31. The van der Waals surface area contributed by atoms with Gasteiger partial charge in [0.1, 0.15) is 0 Å². The predicted molar refractivity (Wildman–Crippen MR) is 80.7 cm³/mol. The summed E-state index contributed by atoms with van der Waals surface area (Å²) in [5.41, 5.74) is 0.925. The summed E-state index contributed by atoms with van der Waals surface area (Å²) in [6, 6.07) is 5.69. The van der Waals surface area contributed by atoms with Crippen LogP contribution in [-0.2, 0) is 10.0 Å². The van der Waals surface area contributed by atoms with E-state index in [1.165, 1.54) is 0 Å².